The predicted molar refractivity (Wildman–Crippen MR) is 128 cm³/mol. The monoisotopic (exact) mass is 493 g/mol. The van der Waals surface area contributed by atoms with E-state index in [1.54, 1.807) is 31.2 Å². The molecule has 31 heavy (non-hydrogen) atoms. The molecule has 9 heteroatoms. The third-order valence-electron chi connectivity index (χ3n) is 4.24. The van der Waals surface area contributed by atoms with Crippen molar-refractivity contribution in [1.82, 2.24) is 0 Å². The molecule has 0 spiro atoms. The van der Waals surface area contributed by atoms with Crippen LogP contribution >= 0.6 is 42.1 Å². The zero-order valence-electron chi connectivity index (χ0n) is 16.6. The van der Waals surface area contributed by atoms with E-state index in [1.807, 2.05) is 12.1 Å². The summed E-state index contributed by atoms with van der Waals surface area (Å²) in [6.07, 6.45) is 5.42. The third kappa shape index (κ3) is 5.15. The highest BCUT2D eigenvalue weighted by molar-refractivity contribution is 7.68. The number of terminal acetylenes is 1. The summed E-state index contributed by atoms with van der Waals surface area (Å²) in [6.45, 7) is 1.87. The second kappa shape index (κ2) is 9.91. The van der Waals surface area contributed by atoms with E-state index in [1.165, 1.54) is 30.6 Å². The van der Waals surface area contributed by atoms with Gasteiger partial charge in [0.25, 0.3) is 0 Å². The Hall–Kier alpha value is -2.26. The molecule has 1 N–H and O–H groups in total. The van der Waals surface area contributed by atoms with Crippen LogP contribution < -0.4 is 10.4 Å². The molecule has 2 aromatic carbocycles. The number of thiophene rings is 1. The largest absolute Gasteiger partial charge is 0.465 e. The highest BCUT2D eigenvalue weighted by Crippen LogP contribution is 2.50. The summed E-state index contributed by atoms with van der Waals surface area (Å²) in [6, 6.07) is 13.6. The van der Waals surface area contributed by atoms with Crippen LogP contribution in [0.25, 0.3) is 10.4 Å². The molecule has 0 fully saturated rings. The number of anilines is 1. The molecular weight excluding hydrogens is 476 g/mol. The van der Waals surface area contributed by atoms with Gasteiger partial charge in [0.2, 0.25) is 0 Å². The average Bonchev–Trinajstić information content (AvgIpc) is 3.16. The molecular formula is C22H18Cl2NO4PS. The maximum Gasteiger partial charge on any atom is 0.350 e. The van der Waals surface area contributed by atoms with Gasteiger partial charge in [-0.1, -0.05) is 41.3 Å². The first-order valence-corrected chi connectivity index (χ1v) is 12.3. The van der Waals surface area contributed by atoms with Crippen LogP contribution in [0.2, 0.25) is 10.0 Å². The van der Waals surface area contributed by atoms with Gasteiger partial charge in [-0.3, -0.25) is 4.57 Å². The second-order valence-corrected chi connectivity index (χ2v) is 10.2. The lowest BCUT2D eigenvalue weighted by Crippen LogP contribution is -2.16. The topological polar surface area (TPSA) is 64.6 Å². The van der Waals surface area contributed by atoms with Crippen molar-refractivity contribution in [2.45, 2.75) is 6.92 Å². The van der Waals surface area contributed by atoms with Crippen LogP contribution in [0, 0.1) is 12.3 Å². The van der Waals surface area contributed by atoms with Gasteiger partial charge in [-0.2, -0.15) is 0 Å². The van der Waals surface area contributed by atoms with E-state index in [-0.39, 0.29) is 21.8 Å². The van der Waals surface area contributed by atoms with Gasteiger partial charge in [0, 0.05) is 15.5 Å². The quantitative estimate of drug-likeness (QED) is 0.232. The Bertz CT molecular complexity index is 1200. The summed E-state index contributed by atoms with van der Waals surface area (Å²) in [5, 5.41) is 3.76. The molecule has 3 rings (SSSR count). The van der Waals surface area contributed by atoms with Gasteiger partial charge in [-0.25, -0.2) is 4.79 Å². The molecule has 1 aromatic heterocycles. The summed E-state index contributed by atoms with van der Waals surface area (Å²) < 4.78 is 24.3. The van der Waals surface area contributed by atoms with Crippen LogP contribution in [-0.4, -0.2) is 19.7 Å². The normalized spacial score (nSPS) is 12.6. The van der Waals surface area contributed by atoms with E-state index in [0.717, 1.165) is 16.0 Å². The van der Waals surface area contributed by atoms with Crippen molar-refractivity contribution in [2.75, 3.05) is 18.8 Å². The lowest BCUT2D eigenvalue weighted by atomic mass is 10.1. The maximum atomic E-state index is 13.8. The molecule has 1 heterocycles. The zero-order valence-corrected chi connectivity index (χ0v) is 19.9. The minimum atomic E-state index is -3.69. The van der Waals surface area contributed by atoms with Gasteiger partial charge in [0.15, 0.2) is 0 Å². The van der Waals surface area contributed by atoms with Crippen molar-refractivity contribution < 1.29 is 18.6 Å². The lowest BCUT2D eigenvalue weighted by molar-refractivity contribution is 0.0607. The van der Waals surface area contributed by atoms with Crippen molar-refractivity contribution in [3.8, 4) is 22.8 Å². The number of hydrogen-bond donors (Lipinski definition) is 1. The van der Waals surface area contributed by atoms with E-state index in [0.29, 0.717) is 10.7 Å². The van der Waals surface area contributed by atoms with Crippen molar-refractivity contribution in [3.05, 3.63) is 69.0 Å². The van der Waals surface area contributed by atoms with Crippen molar-refractivity contribution >= 4 is 59.0 Å². The standard InChI is InChI=1S/C22H18Cl2NO4PS/c1-4-14-6-8-15(9-7-14)20-13-18(21(31-20)22(26)28-3)25-30(27,29-5-2)19-11-10-16(23)12-17(19)24/h1,6-13H,5H2,2-3H3,(H,25,27). The van der Waals surface area contributed by atoms with Gasteiger partial charge >= 0.3 is 13.5 Å². The SMILES string of the molecule is C#Cc1ccc(-c2cc(NP(=O)(OCC)c3ccc(Cl)cc3Cl)c(C(=O)OC)s2)cc1. The number of rotatable bonds is 7. The number of carbonyl (C=O) groups is 1. The summed E-state index contributed by atoms with van der Waals surface area (Å²) in [7, 11) is -2.40. The van der Waals surface area contributed by atoms with Crippen molar-refractivity contribution in [1.29, 1.82) is 0 Å². The number of nitrogens with one attached hydrogen (secondary N) is 1. The number of esters is 1. The number of carbonyl (C=O) groups excluding carboxylic acids is 1. The van der Waals surface area contributed by atoms with Crippen LogP contribution in [0.4, 0.5) is 5.69 Å². The molecule has 3 aromatic rings. The minimum absolute atomic E-state index is 0.154. The van der Waals surface area contributed by atoms with Crippen molar-refractivity contribution in [3.63, 3.8) is 0 Å². The smallest absolute Gasteiger partial charge is 0.350 e. The zero-order chi connectivity index (χ0) is 22.6. The van der Waals surface area contributed by atoms with Crippen LogP contribution in [0.15, 0.2) is 48.5 Å². The average molecular weight is 494 g/mol. The fourth-order valence-corrected chi connectivity index (χ4v) is 6.47. The highest BCUT2D eigenvalue weighted by atomic mass is 35.5. The summed E-state index contributed by atoms with van der Waals surface area (Å²) in [5.41, 5.74) is 1.90. The molecule has 0 aliphatic rings. The maximum absolute atomic E-state index is 13.8. The first kappa shape index (κ1) is 23.4. The Morgan fingerprint density at radius 1 is 1.19 bits per heavy atom. The van der Waals surface area contributed by atoms with Gasteiger partial charge < -0.3 is 14.3 Å². The van der Waals surface area contributed by atoms with Crippen LogP contribution in [0.1, 0.15) is 22.2 Å². The first-order valence-electron chi connectivity index (χ1n) is 9.09. The molecule has 0 bridgehead atoms. The number of halogens is 2. The molecule has 1 unspecified atom stereocenters. The number of ether oxygens (including phenoxy) is 1. The van der Waals surface area contributed by atoms with Gasteiger partial charge in [-0.05, 0) is 48.9 Å². The van der Waals surface area contributed by atoms with Crippen LogP contribution in [-0.2, 0) is 13.8 Å². The molecule has 0 saturated heterocycles. The number of benzene rings is 2. The Kier molecular flexibility index (Phi) is 7.48. The molecule has 1 atom stereocenters. The van der Waals surface area contributed by atoms with E-state index in [4.69, 9.17) is 38.9 Å². The minimum Gasteiger partial charge on any atom is -0.465 e. The van der Waals surface area contributed by atoms with Gasteiger partial charge in [-0.15, -0.1) is 17.8 Å². The van der Waals surface area contributed by atoms with E-state index < -0.39 is 13.5 Å². The molecule has 0 saturated carbocycles. The van der Waals surface area contributed by atoms with E-state index >= 15 is 0 Å². The fraction of sp³-hybridized carbons (Fsp3) is 0.136. The number of methoxy groups -OCH3 is 1. The summed E-state index contributed by atoms with van der Waals surface area (Å²) in [5.74, 6) is 2.00. The van der Waals surface area contributed by atoms with E-state index in [9.17, 15) is 9.36 Å². The second-order valence-electron chi connectivity index (χ2n) is 6.24. The molecule has 0 aliphatic heterocycles. The lowest BCUT2D eigenvalue weighted by Gasteiger charge is -2.21. The fourth-order valence-electron chi connectivity index (χ4n) is 2.81. The molecule has 160 valence electrons. The molecule has 0 aliphatic carbocycles. The van der Waals surface area contributed by atoms with Crippen LogP contribution in [0.3, 0.4) is 0 Å². The molecule has 5 nitrogen and oxygen atoms in total. The van der Waals surface area contributed by atoms with Gasteiger partial charge in [0.1, 0.15) is 4.88 Å². The molecule has 0 amide bonds. The first-order chi connectivity index (χ1) is 14.8. The number of hydrogen-bond acceptors (Lipinski definition) is 5. The highest BCUT2D eigenvalue weighted by Gasteiger charge is 2.31. The summed E-state index contributed by atoms with van der Waals surface area (Å²) in [4.78, 5) is 13.4. The Labute approximate surface area is 194 Å². The Balaban J connectivity index is 2.08. The van der Waals surface area contributed by atoms with Crippen molar-refractivity contribution in [2.24, 2.45) is 0 Å². The molecule has 0 radical (unpaired) electrons. The Morgan fingerprint density at radius 2 is 1.90 bits per heavy atom. The Morgan fingerprint density at radius 3 is 2.48 bits per heavy atom. The predicted octanol–water partition coefficient (Wildman–Crippen LogP) is 6.46. The van der Waals surface area contributed by atoms with Crippen LogP contribution in [0.5, 0.6) is 0 Å². The third-order valence-corrected chi connectivity index (χ3v) is 8.27. The van der Waals surface area contributed by atoms with Gasteiger partial charge in [0.05, 0.1) is 29.7 Å². The van der Waals surface area contributed by atoms with E-state index in [2.05, 4.69) is 11.0 Å². The summed E-state index contributed by atoms with van der Waals surface area (Å²) >= 11 is 13.5.